The summed E-state index contributed by atoms with van der Waals surface area (Å²) in [5, 5.41) is 8.20. The van der Waals surface area contributed by atoms with E-state index in [-0.39, 0.29) is 24.4 Å². The average molecular weight is 468 g/mol. The van der Waals surface area contributed by atoms with Gasteiger partial charge in [-0.2, -0.15) is 5.10 Å². The van der Waals surface area contributed by atoms with Crippen LogP contribution in [-0.4, -0.2) is 39.2 Å². The SMILES string of the molecule is NC(=O)c1c(-c2cccc(Cl)c2)nn2c1CN(C(=O)NC1CC(c3ccc(F)cc3)C1)CC2. The summed E-state index contributed by atoms with van der Waals surface area (Å²) in [6.45, 7) is 1.18. The number of halogens is 2. The molecule has 2 aromatic carbocycles. The quantitative estimate of drug-likeness (QED) is 0.609. The van der Waals surface area contributed by atoms with E-state index in [0.29, 0.717) is 46.5 Å². The number of aromatic nitrogens is 2. The van der Waals surface area contributed by atoms with Crippen molar-refractivity contribution >= 4 is 23.5 Å². The molecule has 0 atom stereocenters. The fourth-order valence-electron chi connectivity index (χ4n) is 4.60. The highest BCUT2D eigenvalue weighted by Crippen LogP contribution is 2.37. The van der Waals surface area contributed by atoms with Crippen molar-refractivity contribution in [3.05, 3.63) is 76.2 Å². The van der Waals surface area contributed by atoms with E-state index in [4.69, 9.17) is 17.3 Å². The Morgan fingerprint density at radius 2 is 1.88 bits per heavy atom. The Morgan fingerprint density at radius 1 is 1.12 bits per heavy atom. The van der Waals surface area contributed by atoms with Gasteiger partial charge in [-0.15, -0.1) is 0 Å². The maximum absolute atomic E-state index is 13.1. The zero-order valence-corrected chi connectivity index (χ0v) is 18.6. The van der Waals surface area contributed by atoms with Gasteiger partial charge in [0, 0.05) is 23.2 Å². The summed E-state index contributed by atoms with van der Waals surface area (Å²) < 4.78 is 14.9. The molecule has 2 heterocycles. The monoisotopic (exact) mass is 467 g/mol. The van der Waals surface area contributed by atoms with E-state index >= 15 is 0 Å². The number of nitrogens with two attached hydrogens (primary N) is 1. The molecule has 1 fully saturated rings. The van der Waals surface area contributed by atoms with Gasteiger partial charge in [0.25, 0.3) is 5.91 Å². The van der Waals surface area contributed by atoms with Crippen LogP contribution in [0.5, 0.6) is 0 Å². The minimum atomic E-state index is -0.588. The number of urea groups is 1. The minimum Gasteiger partial charge on any atom is -0.365 e. The molecule has 3 aromatic rings. The molecule has 0 saturated heterocycles. The number of nitrogens with one attached hydrogen (secondary N) is 1. The number of carbonyl (C=O) groups excluding carboxylic acids is 2. The summed E-state index contributed by atoms with van der Waals surface area (Å²) in [5.74, 6) is -0.517. The summed E-state index contributed by atoms with van der Waals surface area (Å²) in [6.07, 6.45) is 1.63. The predicted octanol–water partition coefficient (Wildman–Crippen LogP) is 3.91. The lowest BCUT2D eigenvalue weighted by Gasteiger charge is -2.38. The van der Waals surface area contributed by atoms with Gasteiger partial charge < -0.3 is 16.0 Å². The standard InChI is InChI=1S/C24H23ClFN5O2/c25-17-3-1-2-15(10-17)22-21(23(27)32)20-13-30(8-9-31(20)29-22)24(33)28-19-11-16(12-19)14-4-6-18(26)7-5-14/h1-7,10,16,19H,8-9,11-13H2,(H2,27,32)(H,28,33). The molecule has 170 valence electrons. The first-order valence-corrected chi connectivity index (χ1v) is 11.2. The number of rotatable bonds is 4. The van der Waals surface area contributed by atoms with E-state index in [0.717, 1.165) is 18.4 Å². The van der Waals surface area contributed by atoms with Crippen LogP contribution in [0.2, 0.25) is 5.02 Å². The number of carbonyl (C=O) groups is 2. The topological polar surface area (TPSA) is 93.2 Å². The number of benzene rings is 2. The lowest BCUT2D eigenvalue weighted by atomic mass is 9.76. The second-order valence-corrected chi connectivity index (χ2v) is 8.99. The zero-order valence-electron chi connectivity index (χ0n) is 17.8. The Bertz CT molecular complexity index is 1220. The van der Waals surface area contributed by atoms with Crippen molar-refractivity contribution in [3.8, 4) is 11.3 Å². The number of hydrogen-bond acceptors (Lipinski definition) is 3. The van der Waals surface area contributed by atoms with Crippen LogP contribution in [-0.2, 0) is 13.1 Å². The molecule has 3 amide bonds. The summed E-state index contributed by atoms with van der Waals surface area (Å²) in [7, 11) is 0. The van der Waals surface area contributed by atoms with Crippen molar-refractivity contribution in [1.29, 1.82) is 0 Å². The van der Waals surface area contributed by atoms with Crippen molar-refractivity contribution in [3.63, 3.8) is 0 Å². The van der Waals surface area contributed by atoms with Crippen LogP contribution in [0.25, 0.3) is 11.3 Å². The van der Waals surface area contributed by atoms with Crippen LogP contribution in [0.1, 0.15) is 40.4 Å². The van der Waals surface area contributed by atoms with E-state index < -0.39 is 5.91 Å². The highest BCUT2D eigenvalue weighted by Gasteiger charge is 2.34. The molecular formula is C24H23ClFN5O2. The van der Waals surface area contributed by atoms with E-state index in [2.05, 4.69) is 10.4 Å². The van der Waals surface area contributed by atoms with E-state index in [1.54, 1.807) is 39.9 Å². The minimum absolute atomic E-state index is 0.0667. The fourth-order valence-corrected chi connectivity index (χ4v) is 4.79. The second-order valence-electron chi connectivity index (χ2n) is 8.56. The van der Waals surface area contributed by atoms with E-state index in [9.17, 15) is 14.0 Å². The average Bonchev–Trinajstić information content (AvgIpc) is 3.16. The van der Waals surface area contributed by atoms with Gasteiger partial charge in [0.15, 0.2) is 0 Å². The Labute approximate surface area is 195 Å². The summed E-state index contributed by atoms with van der Waals surface area (Å²) in [5.41, 5.74) is 8.91. The van der Waals surface area contributed by atoms with E-state index in [1.807, 2.05) is 6.07 Å². The molecule has 2 aliphatic rings. The molecule has 0 spiro atoms. The number of amides is 3. The lowest BCUT2D eigenvalue weighted by Crippen LogP contribution is -2.51. The molecule has 1 aromatic heterocycles. The third kappa shape index (κ3) is 4.18. The number of primary amides is 1. The first-order valence-electron chi connectivity index (χ1n) is 10.9. The van der Waals surface area contributed by atoms with Gasteiger partial charge in [-0.05, 0) is 48.6 Å². The Morgan fingerprint density at radius 3 is 2.58 bits per heavy atom. The molecular weight excluding hydrogens is 445 g/mol. The first kappa shape index (κ1) is 21.5. The van der Waals surface area contributed by atoms with Gasteiger partial charge in [-0.3, -0.25) is 9.48 Å². The highest BCUT2D eigenvalue weighted by molar-refractivity contribution is 6.30. The molecule has 7 nitrogen and oxygen atoms in total. The van der Waals surface area contributed by atoms with Crippen molar-refractivity contribution in [2.24, 2.45) is 5.73 Å². The fraction of sp³-hybridized carbons (Fsp3) is 0.292. The van der Waals surface area contributed by atoms with Crippen LogP contribution in [0.15, 0.2) is 48.5 Å². The van der Waals surface area contributed by atoms with Gasteiger partial charge in [0.1, 0.15) is 11.5 Å². The van der Waals surface area contributed by atoms with Crippen LogP contribution in [0.4, 0.5) is 9.18 Å². The molecule has 0 radical (unpaired) electrons. The molecule has 0 bridgehead atoms. The third-order valence-electron chi connectivity index (χ3n) is 6.42. The number of hydrogen-bond donors (Lipinski definition) is 2. The first-order chi connectivity index (χ1) is 15.9. The lowest BCUT2D eigenvalue weighted by molar-refractivity contribution is 0.0997. The zero-order chi connectivity index (χ0) is 23.1. The van der Waals surface area contributed by atoms with Gasteiger partial charge in [-0.1, -0.05) is 35.9 Å². The molecule has 1 aliphatic heterocycles. The van der Waals surface area contributed by atoms with Crippen molar-refractivity contribution in [2.75, 3.05) is 6.54 Å². The smallest absolute Gasteiger partial charge is 0.318 e. The van der Waals surface area contributed by atoms with Gasteiger partial charge in [0.05, 0.1) is 24.3 Å². The summed E-state index contributed by atoms with van der Waals surface area (Å²) in [4.78, 5) is 26.9. The highest BCUT2D eigenvalue weighted by atomic mass is 35.5. The summed E-state index contributed by atoms with van der Waals surface area (Å²) in [6, 6.07) is 13.5. The van der Waals surface area contributed by atoms with Crippen molar-refractivity contribution < 1.29 is 14.0 Å². The predicted molar refractivity (Wildman–Crippen MR) is 122 cm³/mol. The Balaban J connectivity index is 1.27. The maximum Gasteiger partial charge on any atom is 0.318 e. The number of fused-ring (bicyclic) bond motifs is 1. The second kappa shape index (κ2) is 8.51. The van der Waals surface area contributed by atoms with Crippen LogP contribution < -0.4 is 11.1 Å². The Kier molecular flexibility index (Phi) is 5.54. The molecule has 1 saturated carbocycles. The molecule has 33 heavy (non-hydrogen) atoms. The largest absolute Gasteiger partial charge is 0.365 e. The van der Waals surface area contributed by atoms with Gasteiger partial charge in [0.2, 0.25) is 0 Å². The molecule has 1 aliphatic carbocycles. The Hall–Kier alpha value is -3.39. The van der Waals surface area contributed by atoms with Crippen LogP contribution >= 0.6 is 11.6 Å². The normalized spacial score (nSPS) is 19.5. The maximum atomic E-state index is 13.1. The molecule has 9 heteroatoms. The van der Waals surface area contributed by atoms with E-state index in [1.165, 1.54) is 12.1 Å². The summed E-state index contributed by atoms with van der Waals surface area (Å²) >= 11 is 6.11. The van der Waals surface area contributed by atoms with Gasteiger partial charge in [-0.25, -0.2) is 9.18 Å². The molecule has 3 N–H and O–H groups in total. The van der Waals surface area contributed by atoms with Crippen LogP contribution in [0.3, 0.4) is 0 Å². The van der Waals surface area contributed by atoms with Gasteiger partial charge >= 0.3 is 6.03 Å². The molecule has 0 unspecified atom stereocenters. The van der Waals surface area contributed by atoms with Crippen LogP contribution in [0, 0.1) is 5.82 Å². The number of nitrogens with zero attached hydrogens (tertiary/aromatic N) is 3. The van der Waals surface area contributed by atoms with Crippen molar-refractivity contribution in [2.45, 2.75) is 37.9 Å². The third-order valence-corrected chi connectivity index (χ3v) is 6.65. The molecule has 5 rings (SSSR count). The van der Waals surface area contributed by atoms with Crippen molar-refractivity contribution in [1.82, 2.24) is 20.0 Å².